The molecule has 2 aromatic rings. The predicted molar refractivity (Wildman–Crippen MR) is 107 cm³/mol. The van der Waals surface area contributed by atoms with Crippen molar-refractivity contribution >= 4 is 17.4 Å². The molecule has 8 heteroatoms. The van der Waals surface area contributed by atoms with Gasteiger partial charge in [0.2, 0.25) is 0 Å². The molecule has 1 fully saturated rings. The van der Waals surface area contributed by atoms with Gasteiger partial charge in [0.1, 0.15) is 5.82 Å². The number of pyridine rings is 1. The molecule has 2 unspecified atom stereocenters. The first-order valence-electron chi connectivity index (χ1n) is 9.62. The Labute approximate surface area is 168 Å². The van der Waals surface area contributed by atoms with Crippen LogP contribution in [-0.4, -0.2) is 37.1 Å². The zero-order valence-electron chi connectivity index (χ0n) is 16.7. The highest BCUT2D eigenvalue weighted by molar-refractivity contribution is 5.94. The standard InChI is InChI=1S/C21H25F3N4O/c1-12-8-14(28(2)3)11-19(25-12)26-17-6-4-5-7-18(17)27-21(29)13-9-15(22)20(24)16(23)10-13/h8-11,17-18H,4-7H2,1-3H3,(H,25,26)(H,27,29). The summed E-state index contributed by atoms with van der Waals surface area (Å²) < 4.78 is 40.1. The van der Waals surface area contributed by atoms with Crippen LogP contribution in [-0.2, 0) is 0 Å². The summed E-state index contributed by atoms with van der Waals surface area (Å²) in [4.78, 5) is 19.0. The lowest BCUT2D eigenvalue weighted by Gasteiger charge is -2.33. The van der Waals surface area contributed by atoms with E-state index >= 15 is 0 Å². The predicted octanol–water partition coefficient (Wildman–Crippen LogP) is 4.03. The minimum absolute atomic E-state index is 0.0767. The van der Waals surface area contributed by atoms with E-state index in [1.807, 2.05) is 38.1 Å². The second-order valence-electron chi connectivity index (χ2n) is 7.62. The molecule has 0 spiro atoms. The maximum absolute atomic E-state index is 13.5. The van der Waals surface area contributed by atoms with E-state index in [9.17, 15) is 18.0 Å². The Hall–Kier alpha value is -2.77. The Balaban J connectivity index is 1.76. The van der Waals surface area contributed by atoms with Gasteiger partial charge in [0, 0.05) is 49.2 Å². The normalized spacial score (nSPS) is 19.0. The van der Waals surface area contributed by atoms with Gasteiger partial charge in [-0.25, -0.2) is 18.2 Å². The van der Waals surface area contributed by atoms with Gasteiger partial charge in [-0.15, -0.1) is 0 Å². The lowest BCUT2D eigenvalue weighted by molar-refractivity contribution is 0.0922. The van der Waals surface area contributed by atoms with Gasteiger partial charge >= 0.3 is 0 Å². The number of rotatable bonds is 5. The monoisotopic (exact) mass is 406 g/mol. The summed E-state index contributed by atoms with van der Waals surface area (Å²) in [5.74, 6) is -4.27. The summed E-state index contributed by atoms with van der Waals surface area (Å²) in [6.45, 7) is 1.91. The average Bonchev–Trinajstić information content (AvgIpc) is 2.66. The van der Waals surface area contributed by atoms with Crippen LogP contribution in [0.3, 0.4) is 0 Å². The minimum atomic E-state index is -1.58. The molecule has 2 N–H and O–H groups in total. The van der Waals surface area contributed by atoms with Crippen LogP contribution in [0.15, 0.2) is 24.3 Å². The number of aromatic nitrogens is 1. The molecule has 1 aromatic carbocycles. The Morgan fingerprint density at radius 3 is 2.28 bits per heavy atom. The van der Waals surface area contributed by atoms with Crippen LogP contribution < -0.4 is 15.5 Å². The van der Waals surface area contributed by atoms with Crippen molar-refractivity contribution in [2.45, 2.75) is 44.7 Å². The number of hydrogen-bond acceptors (Lipinski definition) is 4. The van der Waals surface area contributed by atoms with Gasteiger partial charge in [-0.2, -0.15) is 0 Å². The average molecular weight is 406 g/mol. The number of halogens is 3. The van der Waals surface area contributed by atoms with Crippen molar-refractivity contribution in [3.8, 4) is 0 Å². The largest absolute Gasteiger partial charge is 0.377 e. The van der Waals surface area contributed by atoms with Crippen molar-refractivity contribution in [1.29, 1.82) is 0 Å². The number of aryl methyl sites for hydroxylation is 1. The van der Waals surface area contributed by atoms with Gasteiger partial charge in [0.15, 0.2) is 17.5 Å². The molecule has 1 aliphatic carbocycles. The number of nitrogens with one attached hydrogen (secondary N) is 2. The Bertz CT molecular complexity index is 880. The molecule has 156 valence electrons. The first-order valence-corrected chi connectivity index (χ1v) is 9.62. The second kappa shape index (κ2) is 8.71. The molecule has 0 saturated heterocycles. The van der Waals surface area contributed by atoms with E-state index in [0.29, 0.717) is 18.0 Å². The van der Waals surface area contributed by atoms with Crippen molar-refractivity contribution < 1.29 is 18.0 Å². The molecular formula is C21H25F3N4O. The van der Waals surface area contributed by atoms with Crippen LogP contribution >= 0.6 is 0 Å². The van der Waals surface area contributed by atoms with E-state index in [4.69, 9.17) is 0 Å². The summed E-state index contributed by atoms with van der Waals surface area (Å²) in [5, 5.41) is 6.23. The van der Waals surface area contributed by atoms with E-state index in [0.717, 1.165) is 37.1 Å². The van der Waals surface area contributed by atoms with E-state index in [2.05, 4.69) is 15.6 Å². The fourth-order valence-corrected chi connectivity index (χ4v) is 3.59. The number of nitrogens with zero attached hydrogens (tertiary/aromatic N) is 2. The molecule has 0 radical (unpaired) electrons. The zero-order chi connectivity index (χ0) is 21.1. The SMILES string of the molecule is Cc1cc(N(C)C)cc(NC2CCCCC2NC(=O)c2cc(F)c(F)c(F)c2)n1. The fourth-order valence-electron chi connectivity index (χ4n) is 3.59. The summed E-state index contributed by atoms with van der Waals surface area (Å²) in [6, 6.07) is 5.02. The highest BCUT2D eigenvalue weighted by Gasteiger charge is 2.28. The first-order chi connectivity index (χ1) is 13.7. The quantitative estimate of drug-likeness (QED) is 0.737. The van der Waals surface area contributed by atoms with Crippen molar-refractivity contribution in [1.82, 2.24) is 10.3 Å². The van der Waals surface area contributed by atoms with Crippen LogP contribution in [0.1, 0.15) is 41.7 Å². The van der Waals surface area contributed by atoms with Crippen LogP contribution in [0.5, 0.6) is 0 Å². The third kappa shape index (κ3) is 4.99. The maximum atomic E-state index is 13.5. The Kier molecular flexibility index (Phi) is 6.30. The van der Waals surface area contributed by atoms with Gasteiger partial charge < -0.3 is 15.5 Å². The third-order valence-corrected chi connectivity index (χ3v) is 5.12. The minimum Gasteiger partial charge on any atom is -0.377 e. The van der Waals surface area contributed by atoms with Crippen molar-refractivity contribution in [3.63, 3.8) is 0 Å². The van der Waals surface area contributed by atoms with Gasteiger partial charge in [-0.3, -0.25) is 4.79 Å². The topological polar surface area (TPSA) is 57.3 Å². The molecule has 2 atom stereocenters. The fraction of sp³-hybridized carbons (Fsp3) is 0.429. The number of anilines is 2. The van der Waals surface area contributed by atoms with Gasteiger partial charge in [-0.1, -0.05) is 12.8 Å². The van der Waals surface area contributed by atoms with Gasteiger partial charge in [0.25, 0.3) is 5.91 Å². The summed E-state index contributed by atoms with van der Waals surface area (Å²) in [7, 11) is 3.90. The molecule has 1 aliphatic rings. The van der Waals surface area contributed by atoms with Crippen molar-refractivity contribution in [3.05, 3.63) is 53.0 Å². The van der Waals surface area contributed by atoms with Crippen LogP contribution in [0.4, 0.5) is 24.7 Å². The van der Waals surface area contributed by atoms with E-state index in [-0.39, 0.29) is 17.6 Å². The lowest BCUT2D eigenvalue weighted by atomic mass is 9.90. The molecule has 0 bridgehead atoms. The Morgan fingerprint density at radius 2 is 1.66 bits per heavy atom. The zero-order valence-corrected chi connectivity index (χ0v) is 16.7. The summed E-state index contributed by atoms with van der Waals surface area (Å²) in [6.07, 6.45) is 3.47. The van der Waals surface area contributed by atoms with Crippen LogP contribution in [0, 0.1) is 24.4 Å². The highest BCUT2D eigenvalue weighted by atomic mass is 19.2. The highest BCUT2D eigenvalue weighted by Crippen LogP contribution is 2.25. The molecule has 5 nitrogen and oxygen atoms in total. The number of amides is 1. The summed E-state index contributed by atoms with van der Waals surface area (Å²) >= 11 is 0. The number of carbonyl (C=O) groups is 1. The molecule has 1 saturated carbocycles. The number of hydrogen-bond donors (Lipinski definition) is 2. The van der Waals surface area contributed by atoms with Crippen LogP contribution in [0.2, 0.25) is 0 Å². The Morgan fingerprint density at radius 1 is 1.03 bits per heavy atom. The van der Waals surface area contributed by atoms with Gasteiger partial charge in [-0.05, 0) is 38.0 Å². The number of benzene rings is 1. The molecule has 1 heterocycles. The van der Waals surface area contributed by atoms with E-state index in [1.165, 1.54) is 0 Å². The molecule has 0 aliphatic heterocycles. The molecule has 1 aromatic heterocycles. The second-order valence-corrected chi connectivity index (χ2v) is 7.62. The van der Waals surface area contributed by atoms with Crippen LogP contribution in [0.25, 0.3) is 0 Å². The molecular weight excluding hydrogens is 381 g/mol. The maximum Gasteiger partial charge on any atom is 0.251 e. The third-order valence-electron chi connectivity index (χ3n) is 5.12. The van der Waals surface area contributed by atoms with E-state index < -0.39 is 23.4 Å². The van der Waals surface area contributed by atoms with Crippen molar-refractivity contribution in [2.24, 2.45) is 0 Å². The molecule has 1 amide bonds. The molecule has 29 heavy (non-hydrogen) atoms. The smallest absolute Gasteiger partial charge is 0.251 e. The van der Waals surface area contributed by atoms with E-state index in [1.54, 1.807) is 0 Å². The first kappa shape index (κ1) is 21.0. The van der Waals surface area contributed by atoms with Crippen molar-refractivity contribution in [2.75, 3.05) is 24.3 Å². The number of carbonyl (C=O) groups excluding carboxylic acids is 1. The lowest BCUT2D eigenvalue weighted by Crippen LogP contribution is -2.48. The molecule has 3 rings (SSSR count). The van der Waals surface area contributed by atoms with Gasteiger partial charge in [0.05, 0.1) is 0 Å². The summed E-state index contributed by atoms with van der Waals surface area (Å²) in [5.41, 5.74) is 1.63.